The minimum Gasteiger partial charge on any atom is -0.351 e. The van der Waals surface area contributed by atoms with Gasteiger partial charge in [-0.2, -0.15) is 0 Å². The van der Waals surface area contributed by atoms with Gasteiger partial charge in [-0.15, -0.1) is 0 Å². The summed E-state index contributed by atoms with van der Waals surface area (Å²) < 4.78 is 13.7. The lowest BCUT2D eigenvalue weighted by atomic mass is 10.0. The molecule has 0 bridgehead atoms. The Morgan fingerprint density at radius 2 is 2.40 bits per heavy atom. The fourth-order valence-corrected chi connectivity index (χ4v) is 1.82. The molecule has 0 saturated carbocycles. The first kappa shape index (κ1) is 9.89. The Balaban J connectivity index is 2.54. The summed E-state index contributed by atoms with van der Waals surface area (Å²) in [5.74, 6) is 0.0998. The van der Waals surface area contributed by atoms with Crippen LogP contribution in [-0.4, -0.2) is 17.6 Å². The maximum Gasteiger partial charge on any atom is 0.320 e. The molecule has 1 aromatic heterocycles. The molecule has 1 aromatic rings. The van der Waals surface area contributed by atoms with E-state index in [2.05, 4.69) is 4.98 Å². The lowest BCUT2D eigenvalue weighted by Crippen LogP contribution is -2.40. The number of amides is 2. The summed E-state index contributed by atoms with van der Waals surface area (Å²) in [6.07, 6.45) is 2.76. The van der Waals surface area contributed by atoms with E-state index in [1.165, 1.54) is 11.1 Å². The van der Waals surface area contributed by atoms with Gasteiger partial charge in [0.2, 0.25) is 0 Å². The van der Waals surface area contributed by atoms with E-state index in [9.17, 15) is 9.18 Å². The molecule has 0 saturated heterocycles. The lowest BCUT2D eigenvalue weighted by molar-refractivity contribution is 0.253. The summed E-state index contributed by atoms with van der Waals surface area (Å²) in [6.45, 7) is 2.17. The molecule has 2 rings (SSSR count). The van der Waals surface area contributed by atoms with Crippen LogP contribution in [0.5, 0.6) is 0 Å². The normalized spacial score (nSPS) is 14.9. The van der Waals surface area contributed by atoms with E-state index in [1.807, 2.05) is 0 Å². The van der Waals surface area contributed by atoms with Crippen molar-refractivity contribution in [3.8, 4) is 0 Å². The third-order valence-corrected chi connectivity index (χ3v) is 2.59. The maximum absolute atomic E-state index is 13.7. The fourth-order valence-electron chi connectivity index (χ4n) is 1.82. The fraction of sp³-hybridized carbons (Fsp3) is 0.400. The molecule has 0 aliphatic carbocycles. The van der Waals surface area contributed by atoms with E-state index in [4.69, 9.17) is 5.73 Å². The van der Waals surface area contributed by atoms with Crippen molar-refractivity contribution in [2.45, 2.75) is 19.8 Å². The predicted molar refractivity (Wildman–Crippen MR) is 54.2 cm³/mol. The number of pyridine rings is 1. The number of aryl methyl sites for hydroxylation is 1. The van der Waals surface area contributed by atoms with Crippen molar-refractivity contribution in [2.24, 2.45) is 5.73 Å². The van der Waals surface area contributed by atoms with Crippen molar-refractivity contribution in [1.82, 2.24) is 4.98 Å². The average Bonchev–Trinajstić information content (AvgIpc) is 2.23. The molecule has 15 heavy (non-hydrogen) atoms. The number of carbonyl (C=O) groups excluding carboxylic acids is 1. The summed E-state index contributed by atoms with van der Waals surface area (Å²) in [4.78, 5) is 16.5. The number of primary amides is 1. The average molecular weight is 209 g/mol. The summed E-state index contributed by atoms with van der Waals surface area (Å²) in [5.41, 5.74) is 6.19. The number of anilines is 1. The second-order valence-electron chi connectivity index (χ2n) is 3.65. The van der Waals surface area contributed by atoms with Crippen LogP contribution in [0.3, 0.4) is 0 Å². The summed E-state index contributed by atoms with van der Waals surface area (Å²) in [5, 5.41) is 0. The zero-order valence-corrected chi connectivity index (χ0v) is 8.46. The highest BCUT2D eigenvalue weighted by molar-refractivity contribution is 5.90. The first-order chi connectivity index (χ1) is 7.11. The minimum absolute atomic E-state index is 0.272. The number of urea groups is 1. The van der Waals surface area contributed by atoms with E-state index < -0.39 is 6.03 Å². The molecule has 0 spiro atoms. The van der Waals surface area contributed by atoms with Crippen LogP contribution in [0.2, 0.25) is 0 Å². The van der Waals surface area contributed by atoms with E-state index in [-0.39, 0.29) is 5.82 Å². The maximum atomic E-state index is 13.7. The van der Waals surface area contributed by atoms with E-state index in [0.717, 1.165) is 6.42 Å². The van der Waals surface area contributed by atoms with Crippen LogP contribution < -0.4 is 10.6 Å². The molecule has 0 unspecified atom stereocenters. The molecule has 80 valence electrons. The largest absolute Gasteiger partial charge is 0.351 e. The number of halogens is 1. The number of nitrogens with zero attached hydrogens (tertiary/aromatic N) is 2. The van der Waals surface area contributed by atoms with Gasteiger partial charge in [0.25, 0.3) is 0 Å². The number of hydrogen-bond acceptors (Lipinski definition) is 2. The molecular formula is C10H12FN3O. The van der Waals surface area contributed by atoms with Crippen LogP contribution in [0.15, 0.2) is 6.20 Å². The first-order valence-electron chi connectivity index (χ1n) is 4.82. The third kappa shape index (κ3) is 1.54. The SMILES string of the molecule is Cc1cnc2c(c1F)CCCN2C(N)=O. The molecule has 1 aliphatic rings. The van der Waals surface area contributed by atoms with Gasteiger partial charge in [0, 0.05) is 23.9 Å². The van der Waals surface area contributed by atoms with Crippen LogP contribution in [0.1, 0.15) is 17.5 Å². The third-order valence-electron chi connectivity index (χ3n) is 2.59. The molecule has 0 fully saturated rings. The molecule has 2 heterocycles. The van der Waals surface area contributed by atoms with Gasteiger partial charge >= 0.3 is 6.03 Å². The highest BCUT2D eigenvalue weighted by Gasteiger charge is 2.25. The molecule has 1 aliphatic heterocycles. The Hall–Kier alpha value is -1.65. The second-order valence-corrected chi connectivity index (χ2v) is 3.65. The van der Waals surface area contributed by atoms with Crippen LogP contribution in [0.4, 0.5) is 15.0 Å². The van der Waals surface area contributed by atoms with Gasteiger partial charge in [-0.25, -0.2) is 14.2 Å². The van der Waals surface area contributed by atoms with Crippen LogP contribution in [-0.2, 0) is 6.42 Å². The Bertz CT molecular complexity index is 419. The Kier molecular flexibility index (Phi) is 2.30. The highest BCUT2D eigenvalue weighted by Crippen LogP contribution is 2.27. The number of carbonyl (C=O) groups is 1. The summed E-state index contributed by atoms with van der Waals surface area (Å²) in [7, 11) is 0. The standard InChI is InChI=1S/C10H12FN3O/c1-6-5-13-9-7(8(6)11)3-2-4-14(9)10(12)15/h5H,2-4H2,1H3,(H2,12,15). The molecule has 0 atom stereocenters. The van der Waals surface area contributed by atoms with Gasteiger partial charge in [0.15, 0.2) is 0 Å². The van der Waals surface area contributed by atoms with Gasteiger partial charge in [0.05, 0.1) is 0 Å². The van der Waals surface area contributed by atoms with Crippen LogP contribution in [0, 0.1) is 12.7 Å². The molecule has 0 radical (unpaired) electrons. The number of hydrogen-bond donors (Lipinski definition) is 1. The zero-order chi connectivity index (χ0) is 11.0. The van der Waals surface area contributed by atoms with Crippen molar-refractivity contribution in [3.05, 3.63) is 23.1 Å². The summed E-state index contributed by atoms with van der Waals surface area (Å²) >= 11 is 0. The predicted octanol–water partition coefficient (Wildman–Crippen LogP) is 1.36. The number of nitrogens with two attached hydrogens (primary N) is 1. The van der Waals surface area contributed by atoms with Gasteiger partial charge in [-0.3, -0.25) is 4.90 Å². The van der Waals surface area contributed by atoms with E-state index in [0.29, 0.717) is 29.9 Å². The summed E-state index contributed by atoms with van der Waals surface area (Å²) in [6, 6.07) is -0.577. The first-order valence-corrected chi connectivity index (χ1v) is 4.82. The molecular weight excluding hydrogens is 197 g/mol. The Labute approximate surface area is 86.9 Å². The number of rotatable bonds is 0. The number of aromatic nitrogens is 1. The minimum atomic E-state index is -0.577. The van der Waals surface area contributed by atoms with E-state index in [1.54, 1.807) is 6.92 Å². The Morgan fingerprint density at radius 1 is 1.67 bits per heavy atom. The van der Waals surface area contributed by atoms with Crippen molar-refractivity contribution < 1.29 is 9.18 Å². The van der Waals surface area contributed by atoms with Crippen LogP contribution in [0.25, 0.3) is 0 Å². The van der Waals surface area contributed by atoms with Gasteiger partial charge in [-0.1, -0.05) is 0 Å². The Morgan fingerprint density at radius 3 is 3.07 bits per heavy atom. The second kappa shape index (κ2) is 3.49. The zero-order valence-electron chi connectivity index (χ0n) is 8.46. The molecule has 0 aromatic carbocycles. The van der Waals surface area contributed by atoms with Crippen molar-refractivity contribution in [2.75, 3.05) is 11.4 Å². The highest BCUT2D eigenvalue weighted by atomic mass is 19.1. The molecule has 4 nitrogen and oxygen atoms in total. The smallest absolute Gasteiger partial charge is 0.320 e. The van der Waals surface area contributed by atoms with Crippen molar-refractivity contribution >= 4 is 11.8 Å². The topological polar surface area (TPSA) is 59.2 Å². The van der Waals surface area contributed by atoms with Crippen LogP contribution >= 0.6 is 0 Å². The van der Waals surface area contributed by atoms with Crippen molar-refractivity contribution in [1.29, 1.82) is 0 Å². The molecule has 5 heteroatoms. The molecule has 2 amide bonds. The monoisotopic (exact) mass is 209 g/mol. The lowest BCUT2D eigenvalue weighted by Gasteiger charge is -2.27. The van der Waals surface area contributed by atoms with Gasteiger partial charge < -0.3 is 5.73 Å². The van der Waals surface area contributed by atoms with E-state index >= 15 is 0 Å². The van der Waals surface area contributed by atoms with Gasteiger partial charge in [0.1, 0.15) is 11.6 Å². The number of fused-ring (bicyclic) bond motifs is 1. The molecule has 2 N–H and O–H groups in total. The quantitative estimate of drug-likeness (QED) is 0.701. The van der Waals surface area contributed by atoms with Gasteiger partial charge in [-0.05, 0) is 19.8 Å². The van der Waals surface area contributed by atoms with Crippen molar-refractivity contribution in [3.63, 3.8) is 0 Å².